The van der Waals surface area contributed by atoms with E-state index in [0.717, 1.165) is 12.0 Å². The molecule has 1 aliphatic rings. The lowest BCUT2D eigenvalue weighted by atomic mass is 10.1. The Morgan fingerprint density at radius 3 is 2.79 bits per heavy atom. The Hall–Kier alpha value is -0.730. The molecule has 74 valence electrons. The predicted octanol–water partition coefficient (Wildman–Crippen LogP) is 2.94. The number of carbonyl (C=O) groups is 1. The van der Waals surface area contributed by atoms with Gasteiger partial charge in [-0.05, 0) is 18.1 Å². The zero-order chi connectivity index (χ0) is 10.1. The normalized spacial score (nSPS) is 21.0. The number of hydrogen-bond acceptors (Lipinski definition) is 1. The van der Waals surface area contributed by atoms with Crippen LogP contribution in [0.3, 0.4) is 0 Å². The van der Waals surface area contributed by atoms with Gasteiger partial charge in [0.1, 0.15) is 0 Å². The smallest absolute Gasteiger partial charge is 0.220 e. The molecule has 1 heterocycles. The monoisotopic (exact) mass is 229 g/mol. The number of benzene rings is 1. The minimum absolute atomic E-state index is 0.0219. The van der Waals surface area contributed by atoms with E-state index in [2.05, 4.69) is 5.32 Å². The second-order valence-corrected chi connectivity index (χ2v) is 4.09. The van der Waals surface area contributed by atoms with Crippen LogP contribution < -0.4 is 5.32 Å². The molecule has 1 N–H and O–H groups in total. The van der Waals surface area contributed by atoms with E-state index >= 15 is 0 Å². The van der Waals surface area contributed by atoms with Crippen molar-refractivity contribution in [3.63, 3.8) is 0 Å². The van der Waals surface area contributed by atoms with Crippen LogP contribution >= 0.6 is 23.2 Å². The van der Waals surface area contributed by atoms with Crippen LogP contribution in [0.2, 0.25) is 10.0 Å². The molecule has 1 amide bonds. The van der Waals surface area contributed by atoms with E-state index in [9.17, 15) is 4.79 Å². The van der Waals surface area contributed by atoms with Gasteiger partial charge in [-0.15, -0.1) is 0 Å². The molecule has 1 aromatic carbocycles. The molecule has 2 nitrogen and oxygen atoms in total. The average Bonchev–Trinajstić information content (AvgIpc) is 2.57. The van der Waals surface area contributed by atoms with E-state index in [0.29, 0.717) is 16.5 Å². The Bertz CT molecular complexity index is 378. The van der Waals surface area contributed by atoms with Crippen molar-refractivity contribution >= 4 is 29.1 Å². The Kier molecular flexibility index (Phi) is 2.66. The fourth-order valence-electron chi connectivity index (χ4n) is 1.64. The summed E-state index contributed by atoms with van der Waals surface area (Å²) in [6, 6.07) is 5.50. The number of nitrogens with one attached hydrogen (secondary N) is 1. The summed E-state index contributed by atoms with van der Waals surface area (Å²) in [5.74, 6) is 0.0750. The van der Waals surface area contributed by atoms with Crippen molar-refractivity contribution in [3.8, 4) is 0 Å². The highest BCUT2D eigenvalue weighted by Gasteiger charge is 2.24. The van der Waals surface area contributed by atoms with E-state index in [1.165, 1.54) is 0 Å². The molecule has 1 fully saturated rings. The van der Waals surface area contributed by atoms with Crippen LogP contribution in [-0.4, -0.2) is 5.91 Å². The third-order valence-electron chi connectivity index (χ3n) is 2.35. The summed E-state index contributed by atoms with van der Waals surface area (Å²) in [5, 5.41) is 3.93. The van der Waals surface area contributed by atoms with Gasteiger partial charge < -0.3 is 5.32 Å². The summed E-state index contributed by atoms with van der Waals surface area (Å²) < 4.78 is 0. The molecule has 14 heavy (non-hydrogen) atoms. The number of amides is 1. The zero-order valence-corrected chi connectivity index (χ0v) is 8.90. The zero-order valence-electron chi connectivity index (χ0n) is 7.39. The van der Waals surface area contributed by atoms with Crippen LogP contribution in [0.4, 0.5) is 0 Å². The van der Waals surface area contributed by atoms with Gasteiger partial charge in [-0.1, -0.05) is 35.3 Å². The van der Waals surface area contributed by atoms with Crippen LogP contribution in [0.5, 0.6) is 0 Å². The first-order chi connectivity index (χ1) is 6.68. The molecule has 0 aliphatic carbocycles. The lowest BCUT2D eigenvalue weighted by Gasteiger charge is -2.12. The second kappa shape index (κ2) is 3.79. The Balaban J connectivity index is 2.32. The van der Waals surface area contributed by atoms with Crippen molar-refractivity contribution in [2.24, 2.45) is 0 Å². The maximum Gasteiger partial charge on any atom is 0.220 e. The quantitative estimate of drug-likeness (QED) is 0.789. The molecule has 0 spiro atoms. The van der Waals surface area contributed by atoms with Crippen LogP contribution in [0.1, 0.15) is 24.4 Å². The van der Waals surface area contributed by atoms with Crippen molar-refractivity contribution in [1.82, 2.24) is 5.32 Å². The van der Waals surface area contributed by atoms with Gasteiger partial charge in [-0.25, -0.2) is 0 Å². The van der Waals surface area contributed by atoms with Crippen LogP contribution in [0.25, 0.3) is 0 Å². The predicted molar refractivity (Wildman–Crippen MR) is 56.6 cm³/mol. The molecule has 0 saturated carbocycles. The van der Waals surface area contributed by atoms with Crippen molar-refractivity contribution < 1.29 is 4.79 Å². The van der Waals surface area contributed by atoms with Gasteiger partial charge in [0, 0.05) is 6.42 Å². The van der Waals surface area contributed by atoms with E-state index in [1.807, 2.05) is 12.1 Å². The lowest BCUT2D eigenvalue weighted by molar-refractivity contribution is -0.119. The SMILES string of the molecule is O=C1CC[C@@H](c2cccc(Cl)c2Cl)N1. The molecule has 0 radical (unpaired) electrons. The molecule has 1 saturated heterocycles. The van der Waals surface area contributed by atoms with E-state index in [4.69, 9.17) is 23.2 Å². The fraction of sp³-hybridized carbons (Fsp3) is 0.300. The molecule has 1 atom stereocenters. The van der Waals surface area contributed by atoms with Gasteiger partial charge in [0.15, 0.2) is 0 Å². The summed E-state index contributed by atoms with van der Waals surface area (Å²) in [4.78, 5) is 11.0. The first-order valence-electron chi connectivity index (χ1n) is 4.42. The van der Waals surface area contributed by atoms with Gasteiger partial charge >= 0.3 is 0 Å². The average molecular weight is 230 g/mol. The van der Waals surface area contributed by atoms with Crippen molar-refractivity contribution in [3.05, 3.63) is 33.8 Å². The molecule has 1 aromatic rings. The van der Waals surface area contributed by atoms with Crippen molar-refractivity contribution in [2.75, 3.05) is 0 Å². The number of rotatable bonds is 1. The van der Waals surface area contributed by atoms with Gasteiger partial charge in [0.05, 0.1) is 16.1 Å². The molecule has 1 aliphatic heterocycles. The first-order valence-corrected chi connectivity index (χ1v) is 5.17. The Labute approximate surface area is 92.2 Å². The summed E-state index contributed by atoms with van der Waals surface area (Å²) in [5.41, 5.74) is 0.907. The van der Waals surface area contributed by atoms with Crippen LogP contribution in [-0.2, 0) is 4.79 Å². The fourth-order valence-corrected chi connectivity index (χ4v) is 2.08. The standard InChI is InChI=1S/C10H9Cl2NO/c11-7-3-1-2-6(10(7)12)8-4-5-9(14)13-8/h1-3,8H,4-5H2,(H,13,14)/t8-/m0/s1. The number of hydrogen-bond donors (Lipinski definition) is 1. The molecule has 0 unspecified atom stereocenters. The number of halogens is 2. The Morgan fingerprint density at radius 2 is 2.14 bits per heavy atom. The maximum absolute atomic E-state index is 11.0. The van der Waals surface area contributed by atoms with Crippen molar-refractivity contribution in [2.45, 2.75) is 18.9 Å². The first kappa shape index (κ1) is 9.81. The van der Waals surface area contributed by atoms with Gasteiger partial charge in [0.2, 0.25) is 5.91 Å². The topological polar surface area (TPSA) is 29.1 Å². The van der Waals surface area contributed by atoms with E-state index in [-0.39, 0.29) is 11.9 Å². The summed E-state index contributed by atoms with van der Waals surface area (Å²) in [7, 11) is 0. The van der Waals surface area contributed by atoms with Gasteiger partial charge in [0.25, 0.3) is 0 Å². The van der Waals surface area contributed by atoms with E-state index in [1.54, 1.807) is 6.07 Å². The largest absolute Gasteiger partial charge is 0.349 e. The third kappa shape index (κ3) is 1.72. The molecule has 2 rings (SSSR count). The lowest BCUT2D eigenvalue weighted by Crippen LogP contribution is -2.18. The summed E-state index contributed by atoms with van der Waals surface area (Å²) >= 11 is 11.9. The molecule has 4 heteroatoms. The van der Waals surface area contributed by atoms with Gasteiger partial charge in [-0.3, -0.25) is 4.79 Å². The second-order valence-electron chi connectivity index (χ2n) is 3.30. The maximum atomic E-state index is 11.0. The van der Waals surface area contributed by atoms with Crippen LogP contribution in [0, 0.1) is 0 Å². The third-order valence-corrected chi connectivity index (χ3v) is 3.19. The summed E-state index contributed by atoms with van der Waals surface area (Å²) in [6.45, 7) is 0. The highest BCUT2D eigenvalue weighted by Crippen LogP contribution is 2.33. The Morgan fingerprint density at radius 1 is 1.36 bits per heavy atom. The number of carbonyl (C=O) groups excluding carboxylic acids is 1. The van der Waals surface area contributed by atoms with Crippen molar-refractivity contribution in [1.29, 1.82) is 0 Å². The van der Waals surface area contributed by atoms with E-state index < -0.39 is 0 Å². The minimum atomic E-state index is 0.0219. The summed E-state index contributed by atoms with van der Waals surface area (Å²) in [6.07, 6.45) is 1.35. The van der Waals surface area contributed by atoms with Gasteiger partial charge in [-0.2, -0.15) is 0 Å². The minimum Gasteiger partial charge on any atom is -0.349 e. The molecular weight excluding hydrogens is 221 g/mol. The highest BCUT2D eigenvalue weighted by molar-refractivity contribution is 6.42. The molecular formula is C10H9Cl2NO. The van der Waals surface area contributed by atoms with Crippen LogP contribution in [0.15, 0.2) is 18.2 Å². The molecule has 0 bridgehead atoms. The highest BCUT2D eigenvalue weighted by atomic mass is 35.5. The molecule has 0 aromatic heterocycles.